The normalized spacial score (nSPS) is 14.6. The molecule has 1 N–H and O–H groups in total. The number of carbonyl (C=O) groups is 2. The van der Waals surface area contributed by atoms with Crippen LogP contribution < -0.4 is 10.1 Å². The number of methoxy groups -OCH3 is 1. The highest BCUT2D eigenvalue weighted by atomic mass is 16.6. The topological polar surface area (TPSA) is 71.1 Å². The van der Waals surface area contributed by atoms with Gasteiger partial charge in [-0.25, -0.2) is 4.79 Å². The van der Waals surface area contributed by atoms with Crippen molar-refractivity contribution in [1.82, 2.24) is 9.80 Å². The lowest BCUT2D eigenvalue weighted by atomic mass is 10.0. The Bertz CT molecular complexity index is 1020. The number of hydrogen-bond donors (Lipinski definition) is 1. The van der Waals surface area contributed by atoms with Gasteiger partial charge in [0.25, 0.3) is 0 Å². The van der Waals surface area contributed by atoms with Gasteiger partial charge in [-0.1, -0.05) is 12.1 Å². The molecule has 0 bridgehead atoms. The van der Waals surface area contributed by atoms with Gasteiger partial charge in [0, 0.05) is 44.0 Å². The number of nitrogens with zero attached hydrogens (tertiary/aromatic N) is 2. The summed E-state index contributed by atoms with van der Waals surface area (Å²) in [4.78, 5) is 27.7. The van der Waals surface area contributed by atoms with Crippen molar-refractivity contribution < 1.29 is 19.1 Å². The maximum Gasteiger partial charge on any atom is 0.410 e. The van der Waals surface area contributed by atoms with Crippen LogP contribution in [0, 0.1) is 0 Å². The average molecular weight is 480 g/mol. The van der Waals surface area contributed by atoms with Crippen molar-refractivity contribution in [1.29, 1.82) is 0 Å². The van der Waals surface area contributed by atoms with Crippen LogP contribution in [0.25, 0.3) is 6.08 Å². The summed E-state index contributed by atoms with van der Waals surface area (Å²) in [5.41, 5.74) is 3.15. The number of anilines is 1. The van der Waals surface area contributed by atoms with E-state index in [2.05, 4.69) is 10.2 Å². The molecule has 1 amide bonds. The maximum atomic E-state index is 12.3. The summed E-state index contributed by atoms with van der Waals surface area (Å²) in [5, 5.41) is 3.56. The molecule has 2 aromatic rings. The summed E-state index contributed by atoms with van der Waals surface area (Å²) in [5.74, 6) is 0.836. The molecule has 1 aliphatic rings. The van der Waals surface area contributed by atoms with Crippen molar-refractivity contribution in [3.63, 3.8) is 0 Å². The standard InChI is InChI=1S/C28H37N3O4/c1-28(2,3)35-27(33)31-16-13-24(14-17-31)29-25-9-8-23(20-32)22(18-25)12-15-30(4)19-21-6-10-26(34-5)11-7-21/h6-12,15,18,20,24,29H,13-14,16-17,19H2,1-5H3/b15-12-. The lowest BCUT2D eigenvalue weighted by Gasteiger charge is -2.34. The van der Waals surface area contributed by atoms with E-state index in [0.29, 0.717) is 18.7 Å². The monoisotopic (exact) mass is 479 g/mol. The van der Waals surface area contributed by atoms with E-state index in [4.69, 9.17) is 9.47 Å². The van der Waals surface area contributed by atoms with Crippen molar-refractivity contribution in [2.24, 2.45) is 0 Å². The molecule has 35 heavy (non-hydrogen) atoms. The third kappa shape index (κ3) is 8.05. The van der Waals surface area contributed by atoms with Crippen LogP contribution in [0.15, 0.2) is 48.7 Å². The molecular weight excluding hydrogens is 442 g/mol. The molecule has 3 rings (SSSR count). The third-order valence-electron chi connectivity index (χ3n) is 5.83. The van der Waals surface area contributed by atoms with E-state index in [-0.39, 0.29) is 12.1 Å². The van der Waals surface area contributed by atoms with Crippen molar-refractivity contribution >= 4 is 24.1 Å². The highest BCUT2D eigenvalue weighted by molar-refractivity contribution is 5.83. The molecule has 0 spiro atoms. The van der Waals surface area contributed by atoms with Gasteiger partial charge in [0.15, 0.2) is 6.29 Å². The Morgan fingerprint density at radius 2 is 1.80 bits per heavy atom. The van der Waals surface area contributed by atoms with E-state index in [1.807, 2.05) is 82.6 Å². The van der Waals surface area contributed by atoms with E-state index in [1.54, 1.807) is 12.0 Å². The van der Waals surface area contributed by atoms with Crippen LogP contribution in [0.5, 0.6) is 5.75 Å². The van der Waals surface area contributed by atoms with Crippen LogP contribution in [0.4, 0.5) is 10.5 Å². The molecule has 2 aromatic carbocycles. The SMILES string of the molecule is COc1ccc(CN(C)/C=C\c2cc(NC3CCN(C(=O)OC(C)(C)C)CC3)ccc2C=O)cc1. The first-order chi connectivity index (χ1) is 16.7. The summed E-state index contributed by atoms with van der Waals surface area (Å²) < 4.78 is 10.7. The molecule has 0 aliphatic carbocycles. The molecule has 1 fully saturated rings. The summed E-state index contributed by atoms with van der Waals surface area (Å²) in [7, 11) is 3.66. The highest BCUT2D eigenvalue weighted by Gasteiger charge is 2.26. The number of nitrogens with one attached hydrogen (secondary N) is 1. The molecule has 1 saturated heterocycles. The Morgan fingerprint density at radius 1 is 1.11 bits per heavy atom. The maximum absolute atomic E-state index is 12.3. The number of carbonyl (C=O) groups excluding carboxylic acids is 2. The summed E-state index contributed by atoms with van der Waals surface area (Å²) in [6.45, 7) is 7.69. The molecule has 188 valence electrons. The minimum atomic E-state index is -0.487. The average Bonchev–Trinajstić information content (AvgIpc) is 2.83. The first-order valence-electron chi connectivity index (χ1n) is 12.0. The third-order valence-corrected chi connectivity index (χ3v) is 5.83. The molecule has 7 heteroatoms. The zero-order chi connectivity index (χ0) is 25.4. The van der Waals surface area contributed by atoms with E-state index in [1.165, 1.54) is 5.56 Å². The van der Waals surface area contributed by atoms with Gasteiger partial charge >= 0.3 is 6.09 Å². The lowest BCUT2D eigenvalue weighted by molar-refractivity contribution is 0.0210. The van der Waals surface area contributed by atoms with Gasteiger partial charge in [-0.15, -0.1) is 0 Å². The molecule has 0 atom stereocenters. The van der Waals surface area contributed by atoms with Crippen molar-refractivity contribution in [3.05, 3.63) is 65.4 Å². The van der Waals surface area contributed by atoms with Crippen LogP contribution in [0.2, 0.25) is 0 Å². The number of benzene rings is 2. The Kier molecular flexibility index (Phi) is 8.79. The first kappa shape index (κ1) is 26.1. The Morgan fingerprint density at radius 3 is 2.40 bits per heavy atom. The largest absolute Gasteiger partial charge is 0.497 e. The van der Waals surface area contributed by atoms with Crippen LogP contribution in [0.1, 0.15) is 55.1 Å². The molecule has 0 radical (unpaired) electrons. The number of hydrogen-bond acceptors (Lipinski definition) is 6. The fourth-order valence-electron chi connectivity index (χ4n) is 3.96. The summed E-state index contributed by atoms with van der Waals surface area (Å²) >= 11 is 0. The highest BCUT2D eigenvalue weighted by Crippen LogP contribution is 2.22. The van der Waals surface area contributed by atoms with Gasteiger partial charge in [0.1, 0.15) is 11.4 Å². The quantitative estimate of drug-likeness (QED) is 0.510. The minimum Gasteiger partial charge on any atom is -0.497 e. The molecule has 7 nitrogen and oxygen atoms in total. The Balaban J connectivity index is 1.58. The van der Waals surface area contributed by atoms with Gasteiger partial charge in [-0.3, -0.25) is 4.79 Å². The number of rotatable bonds is 8. The van der Waals surface area contributed by atoms with Crippen LogP contribution in [-0.4, -0.2) is 61.1 Å². The Hall–Kier alpha value is -3.48. The number of amides is 1. The second-order valence-electron chi connectivity index (χ2n) is 9.93. The van der Waals surface area contributed by atoms with Crippen molar-refractivity contribution in [3.8, 4) is 5.75 Å². The molecule has 0 saturated carbocycles. The fourth-order valence-corrected chi connectivity index (χ4v) is 3.96. The van der Waals surface area contributed by atoms with Crippen molar-refractivity contribution in [2.75, 3.05) is 32.6 Å². The van der Waals surface area contributed by atoms with Gasteiger partial charge < -0.3 is 24.6 Å². The minimum absolute atomic E-state index is 0.252. The van der Waals surface area contributed by atoms with E-state index >= 15 is 0 Å². The second kappa shape index (κ2) is 11.8. The van der Waals surface area contributed by atoms with E-state index in [9.17, 15) is 9.59 Å². The lowest BCUT2D eigenvalue weighted by Crippen LogP contribution is -2.44. The zero-order valence-electron chi connectivity index (χ0n) is 21.4. The molecule has 0 unspecified atom stereocenters. The van der Waals surface area contributed by atoms with Gasteiger partial charge in [-0.05, 0) is 87.3 Å². The van der Waals surface area contributed by atoms with Crippen LogP contribution >= 0.6 is 0 Å². The molecule has 1 aliphatic heterocycles. The number of likely N-dealkylation sites (tertiary alicyclic amines) is 1. The van der Waals surface area contributed by atoms with Gasteiger partial charge in [0.05, 0.1) is 7.11 Å². The van der Waals surface area contributed by atoms with Crippen LogP contribution in [0.3, 0.4) is 0 Å². The summed E-state index contributed by atoms with van der Waals surface area (Å²) in [6.07, 6.45) is 6.25. The zero-order valence-corrected chi connectivity index (χ0v) is 21.4. The fraction of sp³-hybridized carbons (Fsp3) is 0.429. The number of ether oxygens (including phenoxy) is 2. The number of piperidine rings is 1. The molecule has 0 aromatic heterocycles. The first-order valence-corrected chi connectivity index (χ1v) is 12.0. The molecule has 1 heterocycles. The number of aldehydes is 1. The smallest absolute Gasteiger partial charge is 0.410 e. The van der Waals surface area contributed by atoms with Crippen LogP contribution in [-0.2, 0) is 11.3 Å². The van der Waals surface area contributed by atoms with E-state index < -0.39 is 5.60 Å². The van der Waals surface area contributed by atoms with Crippen molar-refractivity contribution in [2.45, 2.75) is 51.8 Å². The van der Waals surface area contributed by atoms with E-state index in [0.717, 1.165) is 42.7 Å². The predicted molar refractivity (Wildman–Crippen MR) is 140 cm³/mol. The second-order valence-corrected chi connectivity index (χ2v) is 9.93. The predicted octanol–water partition coefficient (Wildman–Crippen LogP) is 5.42. The summed E-state index contributed by atoms with van der Waals surface area (Å²) in [6, 6.07) is 14.0. The Labute approximate surface area is 208 Å². The van der Waals surface area contributed by atoms with Gasteiger partial charge in [-0.2, -0.15) is 0 Å². The molecular formula is C28H37N3O4. The van der Waals surface area contributed by atoms with Gasteiger partial charge in [0.2, 0.25) is 0 Å².